The Morgan fingerprint density at radius 3 is 2.73 bits per heavy atom. The minimum Gasteiger partial charge on any atom is -0.312 e. The summed E-state index contributed by atoms with van der Waals surface area (Å²) in [4.78, 5) is 0. The molecule has 0 radical (unpaired) electrons. The molecular formula is C10H20N4S. The van der Waals surface area contributed by atoms with Crippen LogP contribution in [0.5, 0.6) is 0 Å². The van der Waals surface area contributed by atoms with Gasteiger partial charge in [-0.15, -0.1) is 0 Å². The van der Waals surface area contributed by atoms with Gasteiger partial charge in [-0.3, -0.25) is 0 Å². The molecule has 5 heteroatoms. The number of rotatable bonds is 6. The summed E-state index contributed by atoms with van der Waals surface area (Å²) in [5.41, 5.74) is 1.25. The summed E-state index contributed by atoms with van der Waals surface area (Å²) in [6.07, 6.45) is 2.94. The van der Waals surface area contributed by atoms with Crippen molar-refractivity contribution in [1.29, 1.82) is 0 Å². The SMILES string of the molecule is CC(C)(C)NCCCNCc1cnsn1. The van der Waals surface area contributed by atoms with Gasteiger partial charge in [0.2, 0.25) is 0 Å². The Hall–Kier alpha value is -0.520. The zero-order chi connectivity index (χ0) is 11.1. The molecule has 0 aliphatic carbocycles. The second-order valence-corrected chi connectivity index (χ2v) is 5.16. The van der Waals surface area contributed by atoms with Crippen molar-refractivity contribution in [3.8, 4) is 0 Å². The maximum Gasteiger partial charge on any atom is 0.0880 e. The van der Waals surface area contributed by atoms with Crippen molar-refractivity contribution in [3.63, 3.8) is 0 Å². The molecule has 2 N–H and O–H groups in total. The van der Waals surface area contributed by atoms with Crippen LogP contribution in [0, 0.1) is 0 Å². The molecule has 0 saturated carbocycles. The zero-order valence-corrected chi connectivity index (χ0v) is 10.5. The molecule has 0 aliphatic rings. The number of hydrogen-bond acceptors (Lipinski definition) is 5. The maximum atomic E-state index is 4.13. The fourth-order valence-corrected chi connectivity index (χ4v) is 1.59. The maximum absolute atomic E-state index is 4.13. The van der Waals surface area contributed by atoms with E-state index in [-0.39, 0.29) is 5.54 Å². The Labute approximate surface area is 95.8 Å². The van der Waals surface area contributed by atoms with Crippen LogP contribution in [0.4, 0.5) is 0 Å². The van der Waals surface area contributed by atoms with E-state index in [2.05, 4.69) is 40.2 Å². The standard InChI is InChI=1S/C10H20N4S/c1-10(2,3)12-6-4-5-11-7-9-8-13-15-14-9/h8,11-12H,4-7H2,1-3H3. The summed E-state index contributed by atoms with van der Waals surface area (Å²) in [6, 6.07) is 0. The Morgan fingerprint density at radius 1 is 1.33 bits per heavy atom. The molecule has 1 heterocycles. The van der Waals surface area contributed by atoms with Gasteiger partial charge in [-0.25, -0.2) is 0 Å². The normalized spacial score (nSPS) is 11.9. The summed E-state index contributed by atoms with van der Waals surface area (Å²) in [5.74, 6) is 0. The Balaban J connectivity index is 1.94. The largest absolute Gasteiger partial charge is 0.312 e. The quantitative estimate of drug-likeness (QED) is 0.723. The molecule has 0 saturated heterocycles. The molecule has 1 aromatic rings. The van der Waals surface area contributed by atoms with Crippen LogP contribution >= 0.6 is 11.7 Å². The highest BCUT2D eigenvalue weighted by molar-refractivity contribution is 6.99. The monoisotopic (exact) mass is 228 g/mol. The lowest BCUT2D eigenvalue weighted by Gasteiger charge is -2.20. The van der Waals surface area contributed by atoms with Gasteiger partial charge in [-0.1, -0.05) is 0 Å². The van der Waals surface area contributed by atoms with Crippen molar-refractivity contribution in [3.05, 3.63) is 11.9 Å². The summed E-state index contributed by atoms with van der Waals surface area (Å²) in [5, 5.41) is 6.79. The molecule has 0 aromatic carbocycles. The molecule has 0 bridgehead atoms. The highest BCUT2D eigenvalue weighted by atomic mass is 32.1. The van der Waals surface area contributed by atoms with Gasteiger partial charge in [0.1, 0.15) is 0 Å². The average Bonchev–Trinajstić information content (AvgIpc) is 2.61. The van der Waals surface area contributed by atoms with Gasteiger partial charge in [0.05, 0.1) is 23.6 Å². The van der Waals surface area contributed by atoms with E-state index in [0.717, 1.165) is 31.7 Å². The van der Waals surface area contributed by atoms with E-state index in [1.165, 1.54) is 11.7 Å². The minimum absolute atomic E-state index is 0.221. The van der Waals surface area contributed by atoms with Crippen LogP contribution in [0.15, 0.2) is 6.20 Å². The fraction of sp³-hybridized carbons (Fsp3) is 0.800. The summed E-state index contributed by atoms with van der Waals surface area (Å²) >= 11 is 1.26. The summed E-state index contributed by atoms with van der Waals surface area (Å²) in [6.45, 7) is 9.43. The Morgan fingerprint density at radius 2 is 2.13 bits per heavy atom. The Bertz CT molecular complexity index is 253. The highest BCUT2D eigenvalue weighted by Crippen LogP contribution is 1.97. The third-order valence-electron chi connectivity index (χ3n) is 1.90. The van der Waals surface area contributed by atoms with Crippen molar-refractivity contribution in [2.75, 3.05) is 13.1 Å². The fourth-order valence-electron chi connectivity index (χ4n) is 1.16. The van der Waals surface area contributed by atoms with Gasteiger partial charge in [-0.05, 0) is 40.3 Å². The molecular weight excluding hydrogens is 208 g/mol. The predicted molar refractivity (Wildman–Crippen MR) is 64.0 cm³/mol. The molecule has 0 fully saturated rings. The lowest BCUT2D eigenvalue weighted by Crippen LogP contribution is -2.37. The van der Waals surface area contributed by atoms with Crippen molar-refractivity contribution in [2.24, 2.45) is 0 Å². The van der Waals surface area contributed by atoms with E-state index >= 15 is 0 Å². The van der Waals surface area contributed by atoms with Gasteiger partial charge >= 0.3 is 0 Å². The topological polar surface area (TPSA) is 49.8 Å². The molecule has 1 aromatic heterocycles. The minimum atomic E-state index is 0.221. The molecule has 0 atom stereocenters. The van der Waals surface area contributed by atoms with Crippen molar-refractivity contribution >= 4 is 11.7 Å². The van der Waals surface area contributed by atoms with Crippen LogP contribution in [-0.2, 0) is 6.54 Å². The van der Waals surface area contributed by atoms with Crippen molar-refractivity contribution < 1.29 is 0 Å². The second-order valence-electron chi connectivity index (χ2n) is 4.61. The van der Waals surface area contributed by atoms with Crippen LogP contribution in [0.25, 0.3) is 0 Å². The van der Waals surface area contributed by atoms with E-state index in [4.69, 9.17) is 0 Å². The number of hydrogen-bond donors (Lipinski definition) is 2. The molecule has 0 unspecified atom stereocenters. The van der Waals surface area contributed by atoms with Crippen LogP contribution in [-0.4, -0.2) is 27.4 Å². The number of nitrogens with one attached hydrogen (secondary N) is 2. The van der Waals surface area contributed by atoms with E-state index in [9.17, 15) is 0 Å². The molecule has 4 nitrogen and oxygen atoms in total. The molecule has 0 aliphatic heterocycles. The van der Waals surface area contributed by atoms with Crippen LogP contribution in [0.3, 0.4) is 0 Å². The van der Waals surface area contributed by atoms with Gasteiger partial charge in [0, 0.05) is 12.1 Å². The van der Waals surface area contributed by atoms with E-state index in [1.54, 1.807) is 0 Å². The van der Waals surface area contributed by atoms with Gasteiger partial charge in [0.15, 0.2) is 0 Å². The summed E-state index contributed by atoms with van der Waals surface area (Å²) in [7, 11) is 0. The first kappa shape index (κ1) is 12.5. The first-order chi connectivity index (χ1) is 7.08. The average molecular weight is 228 g/mol. The smallest absolute Gasteiger partial charge is 0.0880 e. The predicted octanol–water partition coefficient (Wildman–Crippen LogP) is 1.41. The number of aromatic nitrogens is 2. The molecule has 0 spiro atoms. The molecule has 0 amide bonds. The number of nitrogens with zero attached hydrogens (tertiary/aromatic N) is 2. The highest BCUT2D eigenvalue weighted by Gasteiger charge is 2.06. The molecule has 1 rings (SSSR count). The van der Waals surface area contributed by atoms with Crippen molar-refractivity contribution in [1.82, 2.24) is 19.4 Å². The van der Waals surface area contributed by atoms with E-state index < -0.39 is 0 Å². The lowest BCUT2D eigenvalue weighted by atomic mass is 10.1. The van der Waals surface area contributed by atoms with E-state index in [0.29, 0.717) is 0 Å². The van der Waals surface area contributed by atoms with Gasteiger partial charge in [0.25, 0.3) is 0 Å². The third kappa shape index (κ3) is 6.54. The second kappa shape index (κ2) is 6.15. The molecule has 86 valence electrons. The third-order valence-corrected chi connectivity index (χ3v) is 2.41. The van der Waals surface area contributed by atoms with Crippen LogP contribution in [0.2, 0.25) is 0 Å². The first-order valence-electron chi connectivity index (χ1n) is 5.30. The van der Waals surface area contributed by atoms with Crippen LogP contribution < -0.4 is 10.6 Å². The summed E-state index contributed by atoms with van der Waals surface area (Å²) < 4.78 is 8.07. The van der Waals surface area contributed by atoms with Crippen LogP contribution in [0.1, 0.15) is 32.9 Å². The lowest BCUT2D eigenvalue weighted by molar-refractivity contribution is 0.418. The van der Waals surface area contributed by atoms with Gasteiger partial charge < -0.3 is 10.6 Å². The molecule has 15 heavy (non-hydrogen) atoms. The zero-order valence-electron chi connectivity index (χ0n) is 9.71. The Kier molecular flexibility index (Phi) is 5.14. The van der Waals surface area contributed by atoms with Crippen molar-refractivity contribution in [2.45, 2.75) is 39.3 Å². The first-order valence-corrected chi connectivity index (χ1v) is 6.03. The van der Waals surface area contributed by atoms with E-state index in [1.807, 2.05) is 6.20 Å². The van der Waals surface area contributed by atoms with Gasteiger partial charge in [-0.2, -0.15) is 8.75 Å².